The number of thiazole rings is 1. The van der Waals surface area contributed by atoms with Crippen LogP contribution in [0.1, 0.15) is 51.3 Å². The molecule has 1 saturated carbocycles. The number of methoxy groups -OCH3 is 1. The number of aryl methyl sites for hydroxylation is 1. The number of aromatic nitrogens is 1. The van der Waals surface area contributed by atoms with E-state index in [9.17, 15) is 23.6 Å². The van der Waals surface area contributed by atoms with Gasteiger partial charge in [-0.3, -0.25) is 19.2 Å². The Hall–Kier alpha value is -3.34. The predicted octanol–water partition coefficient (Wildman–Crippen LogP) is 2.95. The number of rotatable bonds is 8. The lowest BCUT2D eigenvalue weighted by atomic mass is 9.85. The molecule has 2 aliphatic rings. The van der Waals surface area contributed by atoms with Crippen LogP contribution in [0.25, 0.3) is 10.4 Å². The Labute approximate surface area is 225 Å². The van der Waals surface area contributed by atoms with E-state index in [1.54, 1.807) is 33.4 Å². The number of hydrogen-bond acceptors (Lipinski definition) is 7. The molecule has 2 fully saturated rings. The highest BCUT2D eigenvalue weighted by molar-refractivity contribution is 7.13. The normalized spacial score (nSPS) is 19.2. The first-order chi connectivity index (χ1) is 17.8. The summed E-state index contributed by atoms with van der Waals surface area (Å²) >= 11 is 1.53. The molecule has 4 rings (SSSR count). The third-order valence-corrected chi connectivity index (χ3v) is 7.94. The summed E-state index contributed by atoms with van der Waals surface area (Å²) in [5.74, 6) is -1.58. The molecule has 0 bridgehead atoms. The molecule has 2 heterocycles. The molecule has 2 atom stereocenters. The second-order valence-corrected chi connectivity index (χ2v) is 11.8. The monoisotopic (exact) mass is 544 g/mol. The molecule has 0 radical (unpaired) electrons. The third-order valence-electron chi connectivity index (χ3n) is 6.96. The van der Waals surface area contributed by atoms with E-state index in [-0.39, 0.29) is 38.1 Å². The number of amides is 3. The first-order valence-corrected chi connectivity index (χ1v) is 13.4. The van der Waals surface area contributed by atoms with Crippen LogP contribution in [-0.4, -0.2) is 64.8 Å². The van der Waals surface area contributed by atoms with Gasteiger partial charge in [-0.25, -0.2) is 9.37 Å². The minimum Gasteiger partial charge on any atom is -0.496 e. The van der Waals surface area contributed by atoms with Crippen molar-refractivity contribution in [2.45, 2.75) is 71.3 Å². The molecule has 204 valence electrons. The van der Waals surface area contributed by atoms with Crippen molar-refractivity contribution in [3.8, 4) is 16.2 Å². The lowest BCUT2D eigenvalue weighted by molar-refractivity contribution is -0.145. The predicted molar refractivity (Wildman–Crippen MR) is 140 cm³/mol. The van der Waals surface area contributed by atoms with Crippen molar-refractivity contribution in [2.24, 2.45) is 5.41 Å². The summed E-state index contributed by atoms with van der Waals surface area (Å²) in [5.41, 5.74) is 1.65. The van der Waals surface area contributed by atoms with E-state index in [1.807, 2.05) is 25.1 Å². The van der Waals surface area contributed by atoms with Crippen molar-refractivity contribution in [3.63, 3.8) is 0 Å². The maximum absolute atomic E-state index is 14.3. The Morgan fingerprint density at radius 1 is 1.29 bits per heavy atom. The van der Waals surface area contributed by atoms with E-state index in [0.717, 1.165) is 21.7 Å². The van der Waals surface area contributed by atoms with Gasteiger partial charge in [-0.15, -0.1) is 11.3 Å². The maximum atomic E-state index is 14.3. The second-order valence-electron chi connectivity index (χ2n) is 11.0. The molecule has 0 spiro atoms. The van der Waals surface area contributed by atoms with Gasteiger partial charge in [0.15, 0.2) is 11.5 Å². The van der Waals surface area contributed by atoms with Gasteiger partial charge in [-0.2, -0.15) is 0 Å². The molecule has 38 heavy (non-hydrogen) atoms. The van der Waals surface area contributed by atoms with Crippen molar-refractivity contribution in [3.05, 3.63) is 35.0 Å². The topological polar surface area (TPSA) is 118 Å². The van der Waals surface area contributed by atoms with Gasteiger partial charge < -0.3 is 20.3 Å². The zero-order valence-corrected chi connectivity index (χ0v) is 23.0. The Kier molecular flexibility index (Phi) is 7.60. The number of alkyl halides is 1. The van der Waals surface area contributed by atoms with Crippen LogP contribution < -0.4 is 15.4 Å². The number of halogens is 1. The third kappa shape index (κ3) is 5.72. The fourth-order valence-electron chi connectivity index (χ4n) is 4.48. The molecule has 2 N–H and O–H groups in total. The Morgan fingerprint density at radius 3 is 2.58 bits per heavy atom. The number of nitrogens with zero attached hydrogens (tertiary/aromatic N) is 2. The van der Waals surface area contributed by atoms with Gasteiger partial charge in [0.05, 0.1) is 29.7 Å². The number of ether oxygens (including phenoxy) is 1. The minimum absolute atomic E-state index is 0.116. The van der Waals surface area contributed by atoms with Crippen molar-refractivity contribution in [2.75, 3.05) is 13.7 Å². The van der Waals surface area contributed by atoms with Crippen LogP contribution in [0, 0.1) is 12.3 Å². The van der Waals surface area contributed by atoms with Gasteiger partial charge in [0, 0.05) is 18.5 Å². The Morgan fingerprint density at radius 2 is 2.00 bits per heavy atom. The van der Waals surface area contributed by atoms with Gasteiger partial charge >= 0.3 is 0 Å². The molecule has 3 amide bonds. The highest BCUT2D eigenvalue weighted by atomic mass is 32.1. The molecule has 11 heteroatoms. The summed E-state index contributed by atoms with van der Waals surface area (Å²) in [4.78, 5) is 58.0. The van der Waals surface area contributed by atoms with Crippen LogP contribution in [0.5, 0.6) is 5.75 Å². The van der Waals surface area contributed by atoms with E-state index in [2.05, 4.69) is 15.6 Å². The van der Waals surface area contributed by atoms with Gasteiger partial charge in [0.2, 0.25) is 11.8 Å². The smallest absolute Gasteiger partial charge is 0.258 e. The lowest BCUT2D eigenvalue weighted by Gasteiger charge is -2.35. The quantitative estimate of drug-likeness (QED) is 0.528. The first-order valence-electron chi connectivity index (χ1n) is 12.5. The van der Waals surface area contributed by atoms with Crippen molar-refractivity contribution < 1.29 is 28.3 Å². The van der Waals surface area contributed by atoms with E-state index < -0.39 is 40.9 Å². The SMILES string of the molecule is COc1cc(-c2scnc2C)ccc1CNC(=O)[C@@H]1CC(=O)CN1C(=O)[C@@H](NC(=O)C1(F)CC1)C(C)(C)C. The van der Waals surface area contributed by atoms with E-state index in [0.29, 0.717) is 5.75 Å². The average molecular weight is 545 g/mol. The van der Waals surface area contributed by atoms with E-state index >= 15 is 0 Å². The van der Waals surface area contributed by atoms with Crippen LogP contribution in [0.3, 0.4) is 0 Å². The highest BCUT2D eigenvalue weighted by Crippen LogP contribution is 2.40. The van der Waals surface area contributed by atoms with Crippen LogP contribution >= 0.6 is 11.3 Å². The molecule has 9 nitrogen and oxygen atoms in total. The van der Waals surface area contributed by atoms with Crippen LogP contribution in [0.15, 0.2) is 23.7 Å². The molecule has 1 aromatic heterocycles. The van der Waals surface area contributed by atoms with Crippen LogP contribution in [0.4, 0.5) is 4.39 Å². The number of benzene rings is 1. The Balaban J connectivity index is 1.47. The number of carbonyl (C=O) groups is 4. The summed E-state index contributed by atoms with van der Waals surface area (Å²) in [5, 5.41) is 5.35. The molecular weight excluding hydrogens is 511 g/mol. The molecule has 1 aromatic carbocycles. The fraction of sp³-hybridized carbons (Fsp3) is 0.519. The van der Waals surface area contributed by atoms with Gasteiger partial charge in [-0.1, -0.05) is 32.9 Å². The number of carbonyl (C=O) groups excluding carboxylic acids is 4. The molecule has 1 saturated heterocycles. The van der Waals surface area contributed by atoms with Gasteiger partial charge in [0.25, 0.3) is 5.91 Å². The highest BCUT2D eigenvalue weighted by Gasteiger charge is 2.53. The fourth-order valence-corrected chi connectivity index (χ4v) is 5.28. The summed E-state index contributed by atoms with van der Waals surface area (Å²) < 4.78 is 19.9. The van der Waals surface area contributed by atoms with Crippen LogP contribution in [-0.2, 0) is 25.7 Å². The summed E-state index contributed by atoms with van der Waals surface area (Å²) in [6.45, 7) is 7.03. The molecule has 0 unspecified atom stereocenters. The van der Waals surface area contributed by atoms with Gasteiger partial charge in [0.1, 0.15) is 17.8 Å². The van der Waals surface area contributed by atoms with E-state index in [4.69, 9.17) is 4.74 Å². The molecule has 1 aliphatic heterocycles. The second kappa shape index (κ2) is 10.4. The summed E-state index contributed by atoms with van der Waals surface area (Å²) in [6, 6.07) is 3.54. The molecule has 2 aromatic rings. The standard InChI is InChI=1S/C27H33FN4O5S/c1-15-21(38-14-30-15)16-6-7-17(20(10-16)37-5)12-29-23(34)19-11-18(33)13-32(19)24(35)22(26(2,3)4)31-25(36)27(28)8-9-27/h6-7,10,14,19,22H,8-9,11-13H2,1-5H3,(H,29,34)(H,31,36)/t19-,22+/m0/s1. The molecule has 1 aliphatic carbocycles. The van der Waals surface area contributed by atoms with E-state index in [1.165, 1.54) is 16.2 Å². The Bertz CT molecular complexity index is 1270. The number of Topliss-reactive ketones (excluding diaryl/α,β-unsaturated/α-hetero) is 1. The van der Waals surface area contributed by atoms with Crippen molar-refractivity contribution in [1.29, 1.82) is 0 Å². The maximum Gasteiger partial charge on any atom is 0.258 e. The minimum atomic E-state index is -1.95. The van der Waals surface area contributed by atoms with Crippen molar-refractivity contribution >= 4 is 34.8 Å². The largest absolute Gasteiger partial charge is 0.496 e. The molecular formula is C27H33FN4O5S. The van der Waals surface area contributed by atoms with Gasteiger partial charge in [-0.05, 0) is 36.8 Å². The summed E-state index contributed by atoms with van der Waals surface area (Å²) in [6.07, 6.45) is 0.104. The average Bonchev–Trinajstić information content (AvgIpc) is 3.28. The number of ketones is 1. The van der Waals surface area contributed by atoms with Crippen molar-refractivity contribution in [1.82, 2.24) is 20.5 Å². The number of nitrogens with one attached hydrogen (secondary N) is 2. The lowest BCUT2D eigenvalue weighted by Crippen LogP contribution is -2.58. The zero-order chi connectivity index (χ0) is 27.8. The first kappa shape index (κ1) is 27.7. The number of hydrogen-bond donors (Lipinski definition) is 2. The summed E-state index contributed by atoms with van der Waals surface area (Å²) in [7, 11) is 1.55. The zero-order valence-electron chi connectivity index (χ0n) is 22.2. The van der Waals surface area contributed by atoms with Crippen LogP contribution in [0.2, 0.25) is 0 Å². The number of likely N-dealkylation sites (tertiary alicyclic amines) is 1.